The van der Waals surface area contributed by atoms with Crippen molar-refractivity contribution in [2.75, 3.05) is 25.2 Å². The lowest BCUT2D eigenvalue weighted by Gasteiger charge is -2.29. The summed E-state index contributed by atoms with van der Waals surface area (Å²) in [4.78, 5) is 6.61. The summed E-state index contributed by atoms with van der Waals surface area (Å²) < 4.78 is 26.7. The van der Waals surface area contributed by atoms with Gasteiger partial charge in [0.1, 0.15) is 24.2 Å². The monoisotopic (exact) mass is 556 g/mol. The average Bonchev–Trinajstić information content (AvgIpc) is 3.51. The molecule has 2 aromatic carbocycles. The molecule has 6 nitrogen and oxygen atoms in total. The molecule has 0 saturated carbocycles. The molecule has 0 unspecified atom stereocenters. The van der Waals surface area contributed by atoms with Gasteiger partial charge in [-0.2, -0.15) is 0 Å². The Kier molecular flexibility index (Phi) is 7.62. The Balaban J connectivity index is 1.59. The molecule has 2 aromatic heterocycles. The third-order valence-electron chi connectivity index (χ3n) is 6.10. The van der Waals surface area contributed by atoms with E-state index >= 15 is 0 Å². The summed E-state index contributed by atoms with van der Waals surface area (Å²) in [7, 11) is 1.61. The summed E-state index contributed by atoms with van der Waals surface area (Å²) in [6.45, 7) is 0.841. The van der Waals surface area contributed by atoms with Crippen molar-refractivity contribution in [3.8, 4) is 11.4 Å². The van der Waals surface area contributed by atoms with Crippen LogP contribution in [0.25, 0.3) is 5.69 Å². The third kappa shape index (κ3) is 5.15. The predicted molar refractivity (Wildman–Crippen MR) is 147 cm³/mol. The molecule has 1 saturated heterocycles. The topological polar surface area (TPSA) is 51.6 Å². The van der Waals surface area contributed by atoms with Crippen LogP contribution in [0.4, 0.5) is 10.1 Å². The number of thiocarbonyl (C=S) groups is 1. The number of hydrogen-bond acceptors (Lipinski definition) is 4. The van der Waals surface area contributed by atoms with Crippen molar-refractivity contribution in [2.24, 2.45) is 0 Å². The molecule has 1 N–H and O–H groups in total. The lowest BCUT2D eigenvalue weighted by molar-refractivity contribution is 0.146. The molecule has 10 heteroatoms. The maximum Gasteiger partial charge on any atom is 0.174 e. The highest BCUT2D eigenvalue weighted by molar-refractivity contribution is 7.80. The van der Waals surface area contributed by atoms with Crippen molar-refractivity contribution in [3.05, 3.63) is 106 Å². The lowest BCUT2D eigenvalue weighted by Crippen LogP contribution is -2.30. The molecule has 0 spiro atoms. The number of nitrogens with one attached hydrogen (secondary N) is 1. The second-order valence-electron chi connectivity index (χ2n) is 8.35. The summed E-state index contributed by atoms with van der Waals surface area (Å²) in [5, 5.41) is 4.46. The van der Waals surface area contributed by atoms with Gasteiger partial charge in [0.2, 0.25) is 0 Å². The predicted octanol–water partition coefficient (Wildman–Crippen LogP) is 6.52. The summed E-state index contributed by atoms with van der Waals surface area (Å²) in [6, 6.07) is 19.3. The smallest absolute Gasteiger partial charge is 0.174 e. The first-order valence-corrected chi connectivity index (χ1v) is 12.7. The van der Waals surface area contributed by atoms with Crippen molar-refractivity contribution < 1.29 is 13.9 Å². The van der Waals surface area contributed by atoms with Gasteiger partial charge < -0.3 is 24.3 Å². The van der Waals surface area contributed by atoms with Crippen molar-refractivity contribution in [1.82, 2.24) is 14.9 Å². The number of halogens is 3. The minimum absolute atomic E-state index is 0.0474. The first-order valence-electron chi connectivity index (χ1n) is 11.5. The first kappa shape index (κ1) is 25.5. The van der Waals surface area contributed by atoms with Crippen LogP contribution in [0.1, 0.15) is 23.5 Å². The fraction of sp³-hybridized carbons (Fsp3) is 0.185. The number of aromatic nitrogens is 2. The number of benzene rings is 2. The SMILES string of the molecule is COCCOc1ccc(N2C(=S)N[C@@H](c3ccccn3)[C@@H]2c2cccn2-c2ccc(F)c(Cl)c2)cc1Cl. The number of pyridine rings is 1. The van der Waals surface area contributed by atoms with Crippen molar-refractivity contribution in [1.29, 1.82) is 0 Å². The maximum atomic E-state index is 13.9. The highest BCUT2D eigenvalue weighted by Gasteiger charge is 2.42. The largest absolute Gasteiger partial charge is 0.490 e. The molecule has 0 radical (unpaired) electrons. The van der Waals surface area contributed by atoms with E-state index in [4.69, 9.17) is 44.9 Å². The molecule has 0 bridgehead atoms. The number of ether oxygens (including phenoxy) is 2. The number of methoxy groups -OCH3 is 1. The van der Waals surface area contributed by atoms with Crippen LogP contribution in [-0.4, -0.2) is 35.0 Å². The minimum atomic E-state index is -0.474. The Morgan fingerprint density at radius 3 is 2.54 bits per heavy atom. The Morgan fingerprint density at radius 2 is 1.81 bits per heavy atom. The van der Waals surface area contributed by atoms with E-state index in [-0.39, 0.29) is 17.1 Å². The van der Waals surface area contributed by atoms with E-state index in [1.165, 1.54) is 6.07 Å². The quantitative estimate of drug-likeness (QED) is 0.197. The Hall–Kier alpha value is -3.17. The van der Waals surface area contributed by atoms with Crippen LogP contribution in [0.2, 0.25) is 10.0 Å². The molecular weight excluding hydrogens is 534 g/mol. The molecule has 3 heterocycles. The summed E-state index contributed by atoms with van der Waals surface area (Å²) in [5.41, 5.74) is 3.24. The zero-order valence-electron chi connectivity index (χ0n) is 19.8. The Morgan fingerprint density at radius 1 is 1.00 bits per heavy atom. The van der Waals surface area contributed by atoms with Gasteiger partial charge >= 0.3 is 0 Å². The van der Waals surface area contributed by atoms with Gasteiger partial charge in [-0.25, -0.2) is 4.39 Å². The normalized spacial score (nSPS) is 17.2. The number of anilines is 1. The highest BCUT2D eigenvalue weighted by Crippen LogP contribution is 2.43. The fourth-order valence-electron chi connectivity index (χ4n) is 4.43. The summed E-state index contributed by atoms with van der Waals surface area (Å²) in [5.74, 6) is 0.0842. The van der Waals surface area contributed by atoms with Crippen LogP contribution in [0.15, 0.2) is 79.1 Å². The molecule has 37 heavy (non-hydrogen) atoms. The van der Waals surface area contributed by atoms with Gasteiger partial charge in [-0.15, -0.1) is 0 Å². The zero-order valence-corrected chi connectivity index (χ0v) is 22.1. The van der Waals surface area contributed by atoms with Crippen LogP contribution in [0.5, 0.6) is 5.75 Å². The second kappa shape index (κ2) is 11.1. The van der Waals surface area contributed by atoms with Gasteiger partial charge in [0.25, 0.3) is 0 Å². The lowest BCUT2D eigenvalue weighted by atomic mass is 10.0. The van der Waals surface area contributed by atoms with E-state index in [0.717, 1.165) is 22.8 Å². The Bertz CT molecular complexity index is 1420. The molecule has 4 aromatic rings. The third-order valence-corrected chi connectivity index (χ3v) is 7.00. The summed E-state index contributed by atoms with van der Waals surface area (Å²) >= 11 is 18.5. The zero-order chi connectivity index (χ0) is 25.9. The highest BCUT2D eigenvalue weighted by atomic mass is 35.5. The molecular formula is C27H23Cl2FN4O2S. The van der Waals surface area contributed by atoms with Crippen molar-refractivity contribution in [2.45, 2.75) is 12.1 Å². The number of nitrogens with zero attached hydrogens (tertiary/aromatic N) is 3. The maximum absolute atomic E-state index is 13.9. The molecule has 190 valence electrons. The van der Waals surface area contributed by atoms with Crippen LogP contribution in [0, 0.1) is 5.82 Å². The van der Waals surface area contributed by atoms with E-state index < -0.39 is 5.82 Å². The van der Waals surface area contributed by atoms with E-state index in [1.54, 1.807) is 25.4 Å². The molecule has 5 rings (SSSR count). The number of hydrogen-bond donors (Lipinski definition) is 1. The van der Waals surface area contributed by atoms with Crippen LogP contribution in [0.3, 0.4) is 0 Å². The van der Waals surface area contributed by atoms with Crippen molar-refractivity contribution in [3.63, 3.8) is 0 Å². The molecule has 2 atom stereocenters. The van der Waals surface area contributed by atoms with Crippen LogP contribution < -0.4 is 15.0 Å². The standard InChI is InChI=1S/C27H23Cl2FN4O2S/c1-35-13-14-36-24-10-8-18(16-20(24)29)34-26(25(32-27(34)37)22-5-2-3-11-31-22)23-6-4-12-33(23)17-7-9-21(30)19(28)15-17/h2-12,15-16,25-26H,13-14H2,1H3,(H,32,37)/t25-,26-/m0/s1. The molecule has 0 amide bonds. The van der Waals surface area contributed by atoms with Crippen LogP contribution in [-0.2, 0) is 4.74 Å². The van der Waals surface area contributed by atoms with Crippen molar-refractivity contribution >= 4 is 46.2 Å². The van der Waals surface area contributed by atoms with Gasteiger partial charge in [0.15, 0.2) is 5.11 Å². The fourth-order valence-corrected chi connectivity index (χ4v) is 5.18. The summed E-state index contributed by atoms with van der Waals surface area (Å²) in [6.07, 6.45) is 3.66. The van der Waals surface area contributed by atoms with Crippen LogP contribution >= 0.6 is 35.4 Å². The second-order valence-corrected chi connectivity index (χ2v) is 9.56. The van der Waals surface area contributed by atoms with E-state index in [0.29, 0.717) is 29.1 Å². The van der Waals surface area contributed by atoms with Gasteiger partial charge in [-0.1, -0.05) is 29.3 Å². The minimum Gasteiger partial charge on any atom is -0.490 e. The van der Waals surface area contributed by atoms with E-state index in [1.807, 2.05) is 64.2 Å². The van der Waals surface area contributed by atoms with Gasteiger partial charge in [-0.05, 0) is 72.9 Å². The van der Waals surface area contributed by atoms with Gasteiger partial charge in [-0.3, -0.25) is 4.98 Å². The Labute approximate surface area is 229 Å². The van der Waals surface area contributed by atoms with Gasteiger partial charge in [0.05, 0.1) is 28.4 Å². The van der Waals surface area contributed by atoms with Gasteiger partial charge in [0, 0.05) is 36.6 Å². The molecule has 0 aliphatic carbocycles. The average molecular weight is 557 g/mol. The van der Waals surface area contributed by atoms with E-state index in [2.05, 4.69) is 10.3 Å². The van der Waals surface area contributed by atoms with E-state index in [9.17, 15) is 4.39 Å². The molecule has 1 aliphatic rings. The first-order chi connectivity index (χ1) is 18.0. The number of rotatable bonds is 8. The molecule has 1 fully saturated rings. The molecule has 1 aliphatic heterocycles.